The molecule has 0 aliphatic carbocycles. The van der Waals surface area contributed by atoms with Crippen molar-refractivity contribution in [3.63, 3.8) is 0 Å². The predicted molar refractivity (Wildman–Crippen MR) is 57.0 cm³/mol. The van der Waals surface area contributed by atoms with E-state index in [2.05, 4.69) is 4.74 Å². The number of phenols is 1. The summed E-state index contributed by atoms with van der Waals surface area (Å²) in [5.74, 6) is -2.37. The molecule has 0 saturated heterocycles. The van der Waals surface area contributed by atoms with Crippen LogP contribution in [0.4, 0.5) is 4.39 Å². The average Bonchev–Trinajstić information content (AvgIpc) is 2.28. The highest BCUT2D eigenvalue weighted by atomic mass is 19.1. The van der Waals surface area contributed by atoms with Crippen molar-refractivity contribution in [1.29, 1.82) is 0 Å². The maximum Gasteiger partial charge on any atom is 0.325 e. The minimum atomic E-state index is -0.841. The Morgan fingerprint density at radius 1 is 1.47 bits per heavy atom. The standard InChI is InChI=1S/C11H12FNO4/c1-13(6-10(15)17-2)11(16)8-4-3-7(14)5-9(8)12/h3-5,14H,6H2,1-2H3. The van der Waals surface area contributed by atoms with Gasteiger partial charge in [0.05, 0.1) is 12.7 Å². The minimum absolute atomic E-state index is 0.214. The highest BCUT2D eigenvalue weighted by Gasteiger charge is 2.18. The lowest BCUT2D eigenvalue weighted by Crippen LogP contribution is -2.33. The maximum atomic E-state index is 13.4. The van der Waals surface area contributed by atoms with Crippen LogP contribution in [0.5, 0.6) is 5.75 Å². The molecule has 0 aliphatic heterocycles. The molecule has 17 heavy (non-hydrogen) atoms. The number of aromatic hydroxyl groups is 1. The second-order valence-electron chi connectivity index (χ2n) is 3.40. The summed E-state index contributed by atoms with van der Waals surface area (Å²) in [6.07, 6.45) is 0. The molecule has 0 bridgehead atoms. The summed E-state index contributed by atoms with van der Waals surface area (Å²) in [6.45, 7) is -0.268. The van der Waals surface area contributed by atoms with E-state index in [-0.39, 0.29) is 17.9 Å². The second-order valence-corrected chi connectivity index (χ2v) is 3.40. The third kappa shape index (κ3) is 3.17. The van der Waals surface area contributed by atoms with E-state index in [0.29, 0.717) is 0 Å². The Bertz CT molecular complexity index is 447. The molecule has 1 aromatic carbocycles. The van der Waals surface area contributed by atoms with Crippen LogP contribution in [0.1, 0.15) is 10.4 Å². The number of carbonyl (C=O) groups is 2. The number of likely N-dealkylation sites (N-methyl/N-ethyl adjacent to an activating group) is 1. The van der Waals surface area contributed by atoms with E-state index in [9.17, 15) is 14.0 Å². The van der Waals surface area contributed by atoms with Crippen LogP contribution in [-0.2, 0) is 9.53 Å². The Kier molecular flexibility index (Phi) is 4.03. The Hall–Kier alpha value is -2.11. The highest BCUT2D eigenvalue weighted by Crippen LogP contribution is 2.16. The van der Waals surface area contributed by atoms with E-state index >= 15 is 0 Å². The largest absolute Gasteiger partial charge is 0.508 e. The van der Waals surface area contributed by atoms with Crippen LogP contribution in [0.15, 0.2) is 18.2 Å². The summed E-state index contributed by atoms with van der Waals surface area (Å²) >= 11 is 0. The zero-order valence-corrected chi connectivity index (χ0v) is 9.44. The predicted octanol–water partition coefficient (Wildman–Crippen LogP) is 0.776. The number of halogens is 1. The molecule has 1 aromatic rings. The van der Waals surface area contributed by atoms with Crippen molar-refractivity contribution in [2.24, 2.45) is 0 Å². The average molecular weight is 241 g/mol. The SMILES string of the molecule is COC(=O)CN(C)C(=O)c1ccc(O)cc1F. The summed E-state index contributed by atoms with van der Waals surface area (Å²) in [6, 6.07) is 3.18. The first kappa shape index (κ1) is 13.0. The van der Waals surface area contributed by atoms with Gasteiger partial charge < -0.3 is 14.7 Å². The summed E-state index contributed by atoms with van der Waals surface area (Å²) in [5, 5.41) is 9.00. The number of esters is 1. The van der Waals surface area contributed by atoms with Crippen molar-refractivity contribution in [1.82, 2.24) is 4.90 Å². The maximum absolute atomic E-state index is 13.4. The summed E-state index contributed by atoms with van der Waals surface area (Å²) in [4.78, 5) is 23.7. The van der Waals surface area contributed by atoms with Crippen molar-refractivity contribution >= 4 is 11.9 Å². The Morgan fingerprint density at radius 3 is 2.65 bits per heavy atom. The monoisotopic (exact) mass is 241 g/mol. The first-order chi connectivity index (χ1) is 7.95. The van der Waals surface area contributed by atoms with Gasteiger partial charge in [-0.3, -0.25) is 9.59 Å². The number of benzene rings is 1. The number of phenolic OH excluding ortho intramolecular Hbond substituents is 1. The van der Waals surface area contributed by atoms with Gasteiger partial charge in [0.2, 0.25) is 0 Å². The quantitative estimate of drug-likeness (QED) is 0.794. The third-order valence-electron chi connectivity index (χ3n) is 2.12. The van der Waals surface area contributed by atoms with E-state index in [0.717, 1.165) is 17.0 Å². The van der Waals surface area contributed by atoms with Crippen molar-refractivity contribution in [2.45, 2.75) is 0 Å². The summed E-state index contributed by atoms with van der Waals surface area (Å²) in [7, 11) is 2.55. The normalized spacial score (nSPS) is 9.82. The van der Waals surface area contributed by atoms with Crippen LogP contribution >= 0.6 is 0 Å². The van der Waals surface area contributed by atoms with Gasteiger partial charge in [0.25, 0.3) is 5.91 Å². The van der Waals surface area contributed by atoms with Crippen LogP contribution in [0.2, 0.25) is 0 Å². The van der Waals surface area contributed by atoms with Crippen LogP contribution < -0.4 is 0 Å². The number of carbonyl (C=O) groups excluding carboxylic acids is 2. The molecule has 1 N–H and O–H groups in total. The van der Waals surface area contributed by atoms with Crippen molar-refractivity contribution < 1.29 is 23.8 Å². The molecular weight excluding hydrogens is 229 g/mol. The van der Waals surface area contributed by atoms with E-state index in [4.69, 9.17) is 5.11 Å². The van der Waals surface area contributed by atoms with Crippen molar-refractivity contribution in [3.05, 3.63) is 29.6 Å². The van der Waals surface area contributed by atoms with Gasteiger partial charge in [0, 0.05) is 13.1 Å². The molecule has 0 unspecified atom stereocenters. The molecule has 0 saturated carbocycles. The molecule has 1 amide bonds. The van der Waals surface area contributed by atoms with Crippen LogP contribution in [0.3, 0.4) is 0 Å². The lowest BCUT2D eigenvalue weighted by molar-refractivity contribution is -0.141. The Labute approximate surface area is 97.4 Å². The van der Waals surface area contributed by atoms with Crippen molar-refractivity contribution in [2.75, 3.05) is 20.7 Å². The molecule has 0 heterocycles. The molecule has 0 radical (unpaired) electrons. The van der Waals surface area contributed by atoms with Gasteiger partial charge in [0.15, 0.2) is 0 Å². The third-order valence-corrected chi connectivity index (χ3v) is 2.12. The van der Waals surface area contributed by atoms with Gasteiger partial charge in [-0.15, -0.1) is 0 Å². The van der Waals surface area contributed by atoms with Gasteiger partial charge in [0.1, 0.15) is 18.1 Å². The first-order valence-electron chi connectivity index (χ1n) is 4.76. The summed E-state index contributed by atoms with van der Waals surface area (Å²) in [5.41, 5.74) is -0.214. The molecule has 0 atom stereocenters. The zero-order chi connectivity index (χ0) is 13.0. The molecule has 92 valence electrons. The lowest BCUT2D eigenvalue weighted by atomic mass is 10.2. The number of methoxy groups -OCH3 is 1. The molecular formula is C11H12FNO4. The fourth-order valence-electron chi connectivity index (χ4n) is 1.21. The molecule has 0 aliphatic rings. The Morgan fingerprint density at radius 2 is 2.12 bits per heavy atom. The van der Waals surface area contributed by atoms with Gasteiger partial charge >= 0.3 is 5.97 Å². The summed E-state index contributed by atoms with van der Waals surface area (Å²) < 4.78 is 17.7. The molecule has 1 rings (SSSR count). The van der Waals surface area contributed by atoms with Crippen LogP contribution in [-0.4, -0.2) is 42.6 Å². The van der Waals surface area contributed by atoms with E-state index in [1.807, 2.05) is 0 Å². The van der Waals surface area contributed by atoms with Crippen LogP contribution in [0.25, 0.3) is 0 Å². The number of rotatable bonds is 3. The van der Waals surface area contributed by atoms with Crippen molar-refractivity contribution in [3.8, 4) is 5.75 Å². The second kappa shape index (κ2) is 5.29. The van der Waals surface area contributed by atoms with Crippen LogP contribution in [0, 0.1) is 5.82 Å². The number of nitrogens with zero attached hydrogens (tertiary/aromatic N) is 1. The van der Waals surface area contributed by atoms with Gasteiger partial charge in [-0.2, -0.15) is 0 Å². The number of hydrogen-bond acceptors (Lipinski definition) is 4. The number of hydrogen-bond donors (Lipinski definition) is 1. The fraction of sp³-hybridized carbons (Fsp3) is 0.273. The smallest absolute Gasteiger partial charge is 0.325 e. The molecule has 0 aromatic heterocycles. The molecule has 0 fully saturated rings. The van der Waals surface area contributed by atoms with Gasteiger partial charge in [-0.1, -0.05) is 0 Å². The highest BCUT2D eigenvalue weighted by molar-refractivity contribution is 5.96. The van der Waals surface area contributed by atoms with Gasteiger partial charge in [-0.05, 0) is 12.1 Å². The lowest BCUT2D eigenvalue weighted by Gasteiger charge is -2.15. The molecule has 6 heteroatoms. The number of amides is 1. The fourth-order valence-corrected chi connectivity index (χ4v) is 1.21. The topological polar surface area (TPSA) is 66.8 Å². The van der Waals surface area contributed by atoms with E-state index in [1.54, 1.807) is 0 Å². The minimum Gasteiger partial charge on any atom is -0.508 e. The van der Waals surface area contributed by atoms with E-state index < -0.39 is 17.7 Å². The molecule has 0 spiro atoms. The zero-order valence-electron chi connectivity index (χ0n) is 9.44. The number of ether oxygens (including phenoxy) is 1. The van der Waals surface area contributed by atoms with Gasteiger partial charge in [-0.25, -0.2) is 4.39 Å². The first-order valence-corrected chi connectivity index (χ1v) is 4.76. The van der Waals surface area contributed by atoms with E-state index in [1.165, 1.54) is 20.2 Å². The molecule has 5 nitrogen and oxygen atoms in total. The Balaban J connectivity index is 2.85.